The lowest BCUT2D eigenvalue weighted by Gasteiger charge is -2.05. The highest BCUT2D eigenvalue weighted by molar-refractivity contribution is 7.93. The molecule has 0 aliphatic rings. The minimum atomic E-state index is -3.81. The minimum Gasteiger partial charge on any atom is -0.478 e. The van der Waals surface area contributed by atoms with Crippen LogP contribution in [0.5, 0.6) is 0 Å². The number of aromatic nitrogens is 2. The first-order valence-electron chi connectivity index (χ1n) is 5.68. The molecular weight excluding hydrogens is 314 g/mol. The van der Waals surface area contributed by atoms with Crippen molar-refractivity contribution in [1.82, 2.24) is 9.97 Å². The van der Waals surface area contributed by atoms with Gasteiger partial charge in [0.1, 0.15) is 4.90 Å². The Hall–Kier alpha value is -2.26. The van der Waals surface area contributed by atoms with Crippen molar-refractivity contribution in [2.24, 2.45) is 0 Å². The van der Waals surface area contributed by atoms with Gasteiger partial charge in [0.25, 0.3) is 10.0 Å². The number of sulfonamides is 1. The fourth-order valence-corrected chi connectivity index (χ4v) is 3.32. The Balaban J connectivity index is 2.27. The van der Waals surface area contributed by atoms with Crippen LogP contribution in [-0.4, -0.2) is 29.5 Å². The second-order valence-corrected chi connectivity index (χ2v) is 6.92. The summed E-state index contributed by atoms with van der Waals surface area (Å²) in [6.07, 6.45) is 6.28. The number of aryl methyl sites for hydroxylation is 1. The molecular formula is C12H11N3O4S2. The van der Waals surface area contributed by atoms with Crippen molar-refractivity contribution in [3.63, 3.8) is 0 Å². The van der Waals surface area contributed by atoms with Gasteiger partial charge in [-0.1, -0.05) is 0 Å². The fourth-order valence-electron chi connectivity index (χ4n) is 1.42. The third kappa shape index (κ3) is 4.10. The number of hydrogen-bond acceptors (Lipinski definition) is 6. The lowest BCUT2D eigenvalue weighted by molar-refractivity contribution is -0.131. The van der Waals surface area contributed by atoms with Crippen LogP contribution in [0.15, 0.2) is 35.6 Å². The maximum atomic E-state index is 12.2. The van der Waals surface area contributed by atoms with Gasteiger partial charge in [0.2, 0.25) is 0 Å². The molecule has 2 aromatic heterocycles. The number of hydrogen-bond donors (Lipinski definition) is 2. The zero-order valence-corrected chi connectivity index (χ0v) is 12.5. The van der Waals surface area contributed by atoms with Gasteiger partial charge in [-0.3, -0.25) is 9.71 Å². The Morgan fingerprint density at radius 3 is 2.76 bits per heavy atom. The van der Waals surface area contributed by atoms with E-state index in [0.717, 1.165) is 11.0 Å². The maximum Gasteiger partial charge on any atom is 0.328 e. The van der Waals surface area contributed by atoms with E-state index in [-0.39, 0.29) is 10.0 Å². The Morgan fingerprint density at radius 1 is 1.38 bits per heavy atom. The quantitative estimate of drug-likeness (QED) is 0.811. The summed E-state index contributed by atoms with van der Waals surface area (Å²) in [4.78, 5) is 19.0. The zero-order valence-electron chi connectivity index (χ0n) is 10.8. The summed E-state index contributed by atoms with van der Waals surface area (Å²) >= 11 is 1.21. The van der Waals surface area contributed by atoms with Gasteiger partial charge in [-0.25, -0.2) is 18.2 Å². The largest absolute Gasteiger partial charge is 0.478 e. The summed E-state index contributed by atoms with van der Waals surface area (Å²) in [6, 6.07) is 1.33. The number of pyridine rings is 1. The highest BCUT2D eigenvalue weighted by Gasteiger charge is 2.16. The van der Waals surface area contributed by atoms with Gasteiger partial charge >= 0.3 is 5.97 Å². The minimum absolute atomic E-state index is 0.0668. The van der Waals surface area contributed by atoms with Gasteiger partial charge in [-0.2, -0.15) is 0 Å². The van der Waals surface area contributed by atoms with Gasteiger partial charge in [-0.15, -0.1) is 11.3 Å². The number of nitrogens with one attached hydrogen (secondary N) is 1. The summed E-state index contributed by atoms with van der Waals surface area (Å²) in [7, 11) is -3.81. The van der Waals surface area contributed by atoms with E-state index in [2.05, 4.69) is 14.7 Å². The topological polar surface area (TPSA) is 109 Å². The van der Waals surface area contributed by atoms with Crippen LogP contribution in [0.3, 0.4) is 0 Å². The van der Waals surface area contributed by atoms with Gasteiger partial charge in [0, 0.05) is 29.5 Å². The van der Waals surface area contributed by atoms with Gasteiger partial charge in [0.05, 0.1) is 0 Å². The number of carboxylic acid groups (broad SMARTS) is 1. The first kappa shape index (κ1) is 15.1. The molecule has 2 heterocycles. The standard InChI is InChI=1S/C12H11N3O4S2/c1-8-5-14-12(20-8)15-21(18,19)10-4-9(6-13-7-10)2-3-11(16)17/h2-7H,1H3,(H,14,15)(H,16,17). The zero-order chi connectivity index (χ0) is 15.5. The second-order valence-electron chi connectivity index (χ2n) is 4.01. The van der Waals surface area contributed by atoms with Crippen molar-refractivity contribution < 1.29 is 18.3 Å². The molecule has 0 unspecified atom stereocenters. The Kier molecular flexibility index (Phi) is 4.34. The van der Waals surface area contributed by atoms with E-state index in [0.29, 0.717) is 5.56 Å². The molecule has 0 aromatic carbocycles. The lowest BCUT2D eigenvalue weighted by Crippen LogP contribution is -2.13. The molecule has 21 heavy (non-hydrogen) atoms. The summed E-state index contributed by atoms with van der Waals surface area (Å²) in [5.41, 5.74) is 0.371. The molecule has 0 fully saturated rings. The third-order valence-corrected chi connectivity index (χ3v) is 4.57. The predicted molar refractivity (Wildman–Crippen MR) is 78.6 cm³/mol. The molecule has 0 radical (unpaired) electrons. The van der Waals surface area contributed by atoms with Crippen LogP contribution >= 0.6 is 11.3 Å². The van der Waals surface area contributed by atoms with Crippen molar-refractivity contribution in [1.29, 1.82) is 0 Å². The van der Waals surface area contributed by atoms with Gasteiger partial charge < -0.3 is 5.11 Å². The number of nitrogens with zero attached hydrogens (tertiary/aromatic N) is 2. The van der Waals surface area contributed by atoms with Crippen LogP contribution in [0.25, 0.3) is 6.08 Å². The van der Waals surface area contributed by atoms with Crippen molar-refractivity contribution >= 4 is 38.5 Å². The van der Waals surface area contributed by atoms with E-state index >= 15 is 0 Å². The summed E-state index contributed by atoms with van der Waals surface area (Å²) in [6.45, 7) is 1.81. The van der Waals surface area contributed by atoms with Crippen molar-refractivity contribution in [3.05, 3.63) is 41.2 Å². The smallest absolute Gasteiger partial charge is 0.328 e. The fraction of sp³-hybridized carbons (Fsp3) is 0.0833. The van der Waals surface area contributed by atoms with Gasteiger partial charge in [0.15, 0.2) is 5.13 Å². The van der Waals surface area contributed by atoms with Crippen molar-refractivity contribution in [3.8, 4) is 0 Å². The number of aliphatic carboxylic acids is 1. The molecule has 0 aliphatic carbocycles. The lowest BCUT2D eigenvalue weighted by atomic mass is 10.2. The Bertz CT molecular complexity index is 796. The third-order valence-electron chi connectivity index (χ3n) is 2.31. The highest BCUT2D eigenvalue weighted by Crippen LogP contribution is 2.21. The molecule has 0 saturated heterocycles. The van der Waals surface area contributed by atoms with E-state index in [1.165, 1.54) is 35.9 Å². The summed E-state index contributed by atoms with van der Waals surface area (Å²) in [5.74, 6) is -1.13. The summed E-state index contributed by atoms with van der Waals surface area (Å²) in [5, 5.41) is 8.82. The summed E-state index contributed by atoms with van der Waals surface area (Å²) < 4.78 is 26.7. The molecule has 0 bridgehead atoms. The molecule has 2 N–H and O–H groups in total. The monoisotopic (exact) mass is 325 g/mol. The molecule has 2 rings (SSSR count). The number of thiazole rings is 1. The number of anilines is 1. The SMILES string of the molecule is Cc1cnc(NS(=O)(=O)c2cncc(C=CC(=O)O)c2)s1. The Morgan fingerprint density at radius 2 is 2.14 bits per heavy atom. The van der Waals surface area contributed by atoms with E-state index in [4.69, 9.17) is 5.11 Å². The molecule has 0 amide bonds. The van der Waals surface area contributed by atoms with Crippen LogP contribution in [0, 0.1) is 6.92 Å². The van der Waals surface area contributed by atoms with Gasteiger partial charge in [-0.05, 0) is 24.6 Å². The van der Waals surface area contributed by atoms with Crippen LogP contribution in [-0.2, 0) is 14.8 Å². The van der Waals surface area contributed by atoms with E-state index in [1.807, 2.05) is 6.92 Å². The molecule has 0 spiro atoms. The molecule has 0 aliphatic heterocycles. The number of carbonyl (C=O) groups is 1. The average Bonchev–Trinajstić information content (AvgIpc) is 2.81. The van der Waals surface area contributed by atoms with Crippen LogP contribution < -0.4 is 4.72 Å². The molecule has 0 atom stereocenters. The van der Waals surface area contributed by atoms with Crippen molar-refractivity contribution in [2.75, 3.05) is 4.72 Å². The highest BCUT2D eigenvalue weighted by atomic mass is 32.2. The maximum absolute atomic E-state index is 12.2. The van der Waals surface area contributed by atoms with E-state index in [9.17, 15) is 13.2 Å². The predicted octanol–water partition coefficient (Wildman–Crippen LogP) is 1.75. The molecule has 0 saturated carbocycles. The molecule has 2 aromatic rings. The first-order valence-corrected chi connectivity index (χ1v) is 7.98. The molecule has 9 heteroatoms. The van der Waals surface area contributed by atoms with Crippen molar-refractivity contribution in [2.45, 2.75) is 11.8 Å². The first-order chi connectivity index (χ1) is 9.87. The van der Waals surface area contributed by atoms with Crippen LogP contribution in [0.4, 0.5) is 5.13 Å². The number of rotatable bonds is 5. The second kappa shape index (κ2) is 6.02. The van der Waals surface area contributed by atoms with E-state index < -0.39 is 16.0 Å². The Labute approximate surface area is 125 Å². The van der Waals surface area contributed by atoms with Crippen LogP contribution in [0.1, 0.15) is 10.4 Å². The molecule has 110 valence electrons. The number of carboxylic acids is 1. The van der Waals surface area contributed by atoms with E-state index in [1.54, 1.807) is 6.20 Å². The van der Waals surface area contributed by atoms with Crippen LogP contribution in [0.2, 0.25) is 0 Å². The normalized spacial score (nSPS) is 11.7. The molecule has 7 nitrogen and oxygen atoms in total. The average molecular weight is 325 g/mol.